The number of carbonyl (C=O) groups is 1. The average Bonchev–Trinajstić information content (AvgIpc) is 2.33. The summed E-state index contributed by atoms with van der Waals surface area (Å²) < 4.78 is 5.06. The van der Waals surface area contributed by atoms with Crippen LogP contribution in [0, 0.1) is 23.2 Å². The molecule has 0 saturated carbocycles. The van der Waals surface area contributed by atoms with Gasteiger partial charge in [0.25, 0.3) is 0 Å². The number of ether oxygens (including phenoxy) is 1. The molecular weight excluding hydrogens is 254 g/mol. The number of amides is 1. The number of benzene rings is 1. The van der Waals surface area contributed by atoms with E-state index < -0.39 is 11.7 Å². The van der Waals surface area contributed by atoms with Gasteiger partial charge in [-0.2, -0.15) is 5.26 Å². The van der Waals surface area contributed by atoms with Gasteiger partial charge in [-0.15, -0.1) is 0 Å². The van der Waals surface area contributed by atoms with Gasteiger partial charge < -0.3 is 15.8 Å². The van der Waals surface area contributed by atoms with E-state index in [-0.39, 0.29) is 6.54 Å². The van der Waals surface area contributed by atoms with Crippen molar-refractivity contribution >= 4 is 11.8 Å². The smallest absolute Gasteiger partial charge is 0.408 e. The maximum absolute atomic E-state index is 11.4. The van der Waals surface area contributed by atoms with E-state index in [9.17, 15) is 4.79 Å². The van der Waals surface area contributed by atoms with Crippen LogP contribution in [0.2, 0.25) is 0 Å². The zero-order chi connectivity index (χ0) is 15.2. The molecule has 5 heteroatoms. The van der Waals surface area contributed by atoms with Crippen molar-refractivity contribution in [3.05, 3.63) is 29.3 Å². The number of hydrogen-bond acceptors (Lipinski definition) is 4. The van der Waals surface area contributed by atoms with Crippen LogP contribution in [0.1, 0.15) is 31.9 Å². The Kier molecular flexibility index (Phi) is 5.00. The number of carbonyl (C=O) groups excluding carboxylic acids is 1. The van der Waals surface area contributed by atoms with Gasteiger partial charge in [-0.25, -0.2) is 4.79 Å². The van der Waals surface area contributed by atoms with Crippen LogP contribution in [-0.2, 0) is 4.74 Å². The molecule has 0 aliphatic carbocycles. The Hall–Kier alpha value is -2.66. The molecule has 0 heterocycles. The highest BCUT2D eigenvalue weighted by Gasteiger charge is 2.14. The largest absolute Gasteiger partial charge is 0.444 e. The lowest BCUT2D eigenvalue weighted by Crippen LogP contribution is -2.32. The van der Waals surface area contributed by atoms with Crippen molar-refractivity contribution in [3.63, 3.8) is 0 Å². The molecule has 0 bridgehead atoms. The van der Waals surface area contributed by atoms with Crippen molar-refractivity contribution in [1.29, 1.82) is 5.26 Å². The number of anilines is 1. The molecular formula is C15H17N3O2. The second-order valence-corrected chi connectivity index (χ2v) is 5.07. The van der Waals surface area contributed by atoms with Crippen molar-refractivity contribution in [2.24, 2.45) is 0 Å². The lowest BCUT2D eigenvalue weighted by atomic mass is 10.1. The summed E-state index contributed by atoms with van der Waals surface area (Å²) >= 11 is 0. The summed E-state index contributed by atoms with van der Waals surface area (Å²) in [6, 6.07) is 6.93. The Morgan fingerprint density at radius 2 is 2.10 bits per heavy atom. The Morgan fingerprint density at radius 3 is 2.70 bits per heavy atom. The number of nitrogen functional groups attached to an aromatic ring is 1. The molecule has 104 valence electrons. The van der Waals surface area contributed by atoms with Gasteiger partial charge in [0.15, 0.2) is 0 Å². The van der Waals surface area contributed by atoms with Crippen molar-refractivity contribution in [3.8, 4) is 17.9 Å². The molecule has 0 aromatic heterocycles. The molecule has 0 unspecified atom stereocenters. The summed E-state index contributed by atoms with van der Waals surface area (Å²) in [6.07, 6.45) is -0.524. The van der Waals surface area contributed by atoms with Crippen molar-refractivity contribution in [1.82, 2.24) is 5.32 Å². The fourth-order valence-corrected chi connectivity index (χ4v) is 1.33. The van der Waals surface area contributed by atoms with E-state index in [1.807, 2.05) is 6.07 Å². The van der Waals surface area contributed by atoms with Crippen LogP contribution in [0.15, 0.2) is 18.2 Å². The number of nitrogens with one attached hydrogen (secondary N) is 1. The second kappa shape index (κ2) is 6.49. The fourth-order valence-electron chi connectivity index (χ4n) is 1.33. The monoisotopic (exact) mass is 271 g/mol. The van der Waals surface area contributed by atoms with E-state index in [0.717, 1.165) is 0 Å². The van der Waals surface area contributed by atoms with Crippen LogP contribution in [-0.4, -0.2) is 18.2 Å². The first kappa shape index (κ1) is 15.4. The number of nitriles is 1. The molecule has 0 aliphatic heterocycles. The summed E-state index contributed by atoms with van der Waals surface area (Å²) in [5.74, 6) is 5.57. The van der Waals surface area contributed by atoms with Gasteiger partial charge in [-0.3, -0.25) is 0 Å². The highest BCUT2D eigenvalue weighted by Crippen LogP contribution is 2.11. The van der Waals surface area contributed by atoms with E-state index >= 15 is 0 Å². The summed E-state index contributed by atoms with van der Waals surface area (Å²) in [6.45, 7) is 5.49. The average molecular weight is 271 g/mol. The minimum Gasteiger partial charge on any atom is -0.444 e. The van der Waals surface area contributed by atoms with Gasteiger partial charge in [0.2, 0.25) is 0 Å². The van der Waals surface area contributed by atoms with Crippen LogP contribution in [0.5, 0.6) is 0 Å². The molecule has 1 aromatic carbocycles. The van der Waals surface area contributed by atoms with Gasteiger partial charge in [0, 0.05) is 11.3 Å². The highest BCUT2D eigenvalue weighted by atomic mass is 16.6. The van der Waals surface area contributed by atoms with Crippen LogP contribution in [0.25, 0.3) is 0 Å². The van der Waals surface area contributed by atoms with Crippen molar-refractivity contribution in [2.75, 3.05) is 12.3 Å². The summed E-state index contributed by atoms with van der Waals surface area (Å²) in [4.78, 5) is 11.4. The first-order valence-electron chi connectivity index (χ1n) is 6.07. The molecule has 1 rings (SSSR count). The Labute approximate surface area is 118 Å². The third-order valence-electron chi connectivity index (χ3n) is 2.11. The number of alkyl carbamates (subject to hydrolysis) is 1. The number of hydrogen-bond donors (Lipinski definition) is 2. The normalized spacial score (nSPS) is 9.90. The SMILES string of the molecule is CC(C)(C)OC(=O)NCC#Cc1ccc(N)cc1C#N. The van der Waals surface area contributed by atoms with Crippen molar-refractivity contribution in [2.45, 2.75) is 26.4 Å². The van der Waals surface area contributed by atoms with Crippen LogP contribution in [0.3, 0.4) is 0 Å². The van der Waals surface area contributed by atoms with Gasteiger partial charge in [0.1, 0.15) is 11.7 Å². The third kappa shape index (κ3) is 5.32. The molecule has 0 aliphatic rings. The number of nitrogens with zero attached hydrogens (tertiary/aromatic N) is 1. The van der Waals surface area contributed by atoms with Crippen LogP contribution in [0.4, 0.5) is 10.5 Å². The fraction of sp³-hybridized carbons (Fsp3) is 0.333. The second-order valence-electron chi connectivity index (χ2n) is 5.07. The van der Waals surface area contributed by atoms with Crippen LogP contribution < -0.4 is 11.1 Å². The Balaban J connectivity index is 2.60. The van der Waals surface area contributed by atoms with Gasteiger partial charge in [-0.1, -0.05) is 11.8 Å². The lowest BCUT2D eigenvalue weighted by Gasteiger charge is -2.19. The first-order valence-corrected chi connectivity index (χ1v) is 6.07. The van der Waals surface area contributed by atoms with Crippen molar-refractivity contribution < 1.29 is 9.53 Å². The molecule has 0 atom stereocenters. The molecule has 1 aromatic rings. The van der Waals surface area contributed by atoms with E-state index in [2.05, 4.69) is 17.2 Å². The predicted molar refractivity (Wildman–Crippen MR) is 76.7 cm³/mol. The maximum Gasteiger partial charge on any atom is 0.408 e. The minimum absolute atomic E-state index is 0.143. The first-order chi connectivity index (χ1) is 9.31. The summed E-state index contributed by atoms with van der Waals surface area (Å²) in [7, 11) is 0. The molecule has 0 radical (unpaired) electrons. The zero-order valence-corrected chi connectivity index (χ0v) is 11.8. The lowest BCUT2D eigenvalue weighted by molar-refractivity contribution is 0.0535. The van der Waals surface area contributed by atoms with E-state index in [4.69, 9.17) is 15.7 Å². The molecule has 20 heavy (non-hydrogen) atoms. The topological polar surface area (TPSA) is 88.1 Å². The molecule has 1 amide bonds. The zero-order valence-electron chi connectivity index (χ0n) is 11.8. The minimum atomic E-state index is -0.539. The van der Waals surface area contributed by atoms with E-state index in [0.29, 0.717) is 16.8 Å². The van der Waals surface area contributed by atoms with Crippen LogP contribution >= 0.6 is 0 Å². The van der Waals surface area contributed by atoms with Gasteiger partial charge >= 0.3 is 6.09 Å². The molecule has 0 saturated heterocycles. The third-order valence-corrected chi connectivity index (χ3v) is 2.11. The predicted octanol–water partition coefficient (Wildman–Crippen LogP) is 2.02. The summed E-state index contributed by atoms with van der Waals surface area (Å²) in [5, 5.41) is 11.5. The van der Waals surface area contributed by atoms with Gasteiger partial charge in [0.05, 0.1) is 12.1 Å². The summed E-state index contributed by atoms with van der Waals surface area (Å²) in [5.41, 5.74) is 6.55. The molecule has 3 N–H and O–H groups in total. The number of rotatable bonds is 1. The Morgan fingerprint density at radius 1 is 1.40 bits per heavy atom. The number of nitrogens with two attached hydrogens (primary N) is 1. The molecule has 0 fully saturated rings. The highest BCUT2D eigenvalue weighted by molar-refractivity contribution is 5.68. The molecule has 0 spiro atoms. The maximum atomic E-state index is 11.4. The molecule has 5 nitrogen and oxygen atoms in total. The van der Waals surface area contributed by atoms with E-state index in [1.54, 1.807) is 39.0 Å². The Bertz CT molecular complexity index is 598. The van der Waals surface area contributed by atoms with Gasteiger partial charge in [-0.05, 0) is 39.0 Å². The quantitative estimate of drug-likeness (QED) is 0.604. The standard InChI is InChI=1S/C15H17N3O2/c1-15(2,3)20-14(19)18-8-4-5-11-6-7-13(17)9-12(11)10-16/h6-7,9H,8,17H2,1-3H3,(H,18,19). The van der Waals surface area contributed by atoms with E-state index in [1.165, 1.54) is 0 Å².